The lowest BCUT2D eigenvalue weighted by atomic mass is 10.0. The average Bonchev–Trinajstić information content (AvgIpc) is 2.86. The number of aromatic hydroxyl groups is 1. The summed E-state index contributed by atoms with van der Waals surface area (Å²) in [4.78, 5) is 0. The van der Waals surface area contributed by atoms with Crippen LogP contribution in [0.3, 0.4) is 0 Å². The Balaban J connectivity index is 2.16. The quantitative estimate of drug-likeness (QED) is 0.560. The number of nitrogens with zero attached hydrogens (tertiary/aromatic N) is 2. The van der Waals surface area contributed by atoms with Gasteiger partial charge in [-0.3, -0.25) is 0 Å². The van der Waals surface area contributed by atoms with Gasteiger partial charge in [0.25, 0.3) is 0 Å². The molecule has 0 amide bonds. The molecule has 0 saturated carbocycles. The van der Waals surface area contributed by atoms with Gasteiger partial charge in [0.2, 0.25) is 0 Å². The van der Waals surface area contributed by atoms with Gasteiger partial charge in [0, 0.05) is 16.2 Å². The summed E-state index contributed by atoms with van der Waals surface area (Å²) in [5.74, 6) is 0.301. The van der Waals surface area contributed by atoms with Crippen molar-refractivity contribution < 1.29 is 5.11 Å². The minimum atomic E-state index is 0.301. The molecule has 0 atom stereocenters. The van der Waals surface area contributed by atoms with E-state index in [-0.39, 0.29) is 0 Å². The molecule has 1 aromatic heterocycles. The van der Waals surface area contributed by atoms with Crippen molar-refractivity contribution >= 4 is 21.7 Å². The van der Waals surface area contributed by atoms with Gasteiger partial charge in [0.15, 0.2) is 0 Å². The second kappa shape index (κ2) is 4.60. The Kier molecular flexibility index (Phi) is 2.70. The maximum atomic E-state index is 10.3. The molecule has 0 fully saturated rings. The van der Waals surface area contributed by atoms with Crippen molar-refractivity contribution in [3.8, 4) is 11.4 Å². The normalized spacial score (nSPS) is 11.4. The summed E-state index contributed by atoms with van der Waals surface area (Å²) < 4.78 is 1.96. The fraction of sp³-hybridized carbons (Fsp3) is 0.105. The van der Waals surface area contributed by atoms with Crippen LogP contribution >= 0.6 is 0 Å². The van der Waals surface area contributed by atoms with Crippen LogP contribution in [-0.4, -0.2) is 14.9 Å². The van der Waals surface area contributed by atoms with E-state index in [4.69, 9.17) is 0 Å². The highest BCUT2D eigenvalue weighted by atomic mass is 16.3. The minimum Gasteiger partial charge on any atom is -0.507 e. The van der Waals surface area contributed by atoms with Crippen LogP contribution < -0.4 is 0 Å². The third-order valence-corrected chi connectivity index (χ3v) is 4.12. The standard InChI is InChI=1S/C19H16N2O/c1-12-7-9-14(10-8-12)21-19-16-6-4-3-5-15(16)18(22)11-17(19)13(2)20-21/h3-11,22H,1-2H3. The molecular weight excluding hydrogens is 272 g/mol. The Morgan fingerprint density at radius 3 is 2.27 bits per heavy atom. The topological polar surface area (TPSA) is 38.0 Å². The fourth-order valence-corrected chi connectivity index (χ4v) is 2.97. The van der Waals surface area contributed by atoms with Gasteiger partial charge in [-0.2, -0.15) is 5.10 Å². The van der Waals surface area contributed by atoms with Crippen molar-refractivity contribution in [2.75, 3.05) is 0 Å². The molecular formula is C19H16N2O. The Hall–Kier alpha value is -2.81. The molecule has 3 aromatic carbocycles. The van der Waals surface area contributed by atoms with E-state index in [9.17, 15) is 5.11 Å². The summed E-state index contributed by atoms with van der Waals surface area (Å²) in [6.07, 6.45) is 0. The number of benzene rings is 3. The number of phenolic OH excluding ortho intramolecular Hbond substituents is 1. The van der Waals surface area contributed by atoms with Crippen LogP contribution in [0.5, 0.6) is 5.75 Å². The van der Waals surface area contributed by atoms with Gasteiger partial charge < -0.3 is 5.11 Å². The maximum absolute atomic E-state index is 10.3. The first-order valence-corrected chi connectivity index (χ1v) is 7.32. The van der Waals surface area contributed by atoms with E-state index in [1.807, 2.05) is 41.9 Å². The SMILES string of the molecule is Cc1ccc(-n2nc(C)c3cc(O)c4ccccc4c32)cc1. The van der Waals surface area contributed by atoms with E-state index in [1.165, 1.54) is 5.56 Å². The lowest BCUT2D eigenvalue weighted by Crippen LogP contribution is -1.97. The van der Waals surface area contributed by atoms with Gasteiger partial charge in [-0.15, -0.1) is 0 Å². The Morgan fingerprint density at radius 1 is 0.864 bits per heavy atom. The number of rotatable bonds is 1. The lowest BCUT2D eigenvalue weighted by Gasteiger charge is -2.08. The number of fused-ring (bicyclic) bond motifs is 3. The Bertz CT molecular complexity index is 997. The zero-order chi connectivity index (χ0) is 15.3. The largest absolute Gasteiger partial charge is 0.507 e. The Labute approximate surface area is 128 Å². The molecule has 0 saturated heterocycles. The van der Waals surface area contributed by atoms with Crippen molar-refractivity contribution in [3.63, 3.8) is 0 Å². The minimum absolute atomic E-state index is 0.301. The molecule has 0 radical (unpaired) electrons. The van der Waals surface area contributed by atoms with Crippen LogP contribution in [0.4, 0.5) is 0 Å². The second-order valence-corrected chi connectivity index (χ2v) is 5.67. The van der Waals surface area contributed by atoms with E-state index in [1.54, 1.807) is 0 Å². The van der Waals surface area contributed by atoms with Gasteiger partial charge in [-0.05, 0) is 32.0 Å². The average molecular weight is 288 g/mol. The number of hydrogen-bond donors (Lipinski definition) is 1. The number of aryl methyl sites for hydroxylation is 2. The molecule has 3 nitrogen and oxygen atoms in total. The summed E-state index contributed by atoms with van der Waals surface area (Å²) >= 11 is 0. The lowest BCUT2D eigenvalue weighted by molar-refractivity contribution is 0.482. The molecule has 0 aliphatic heterocycles. The molecule has 1 N–H and O–H groups in total. The summed E-state index contributed by atoms with van der Waals surface area (Å²) in [6, 6.07) is 18.0. The summed E-state index contributed by atoms with van der Waals surface area (Å²) in [5.41, 5.74) is 4.20. The summed E-state index contributed by atoms with van der Waals surface area (Å²) in [5, 5.41) is 17.8. The molecule has 0 bridgehead atoms. The highest BCUT2D eigenvalue weighted by molar-refractivity contribution is 6.09. The fourth-order valence-electron chi connectivity index (χ4n) is 2.97. The number of phenols is 1. The molecule has 0 aliphatic carbocycles. The molecule has 0 aliphatic rings. The molecule has 1 heterocycles. The van der Waals surface area contributed by atoms with Crippen LogP contribution in [0.2, 0.25) is 0 Å². The van der Waals surface area contributed by atoms with Gasteiger partial charge in [-0.1, -0.05) is 42.0 Å². The van der Waals surface area contributed by atoms with Gasteiger partial charge in [0.1, 0.15) is 5.75 Å². The van der Waals surface area contributed by atoms with E-state index in [0.29, 0.717) is 5.75 Å². The van der Waals surface area contributed by atoms with Crippen LogP contribution in [0.15, 0.2) is 54.6 Å². The predicted molar refractivity (Wildman–Crippen MR) is 89.7 cm³/mol. The van der Waals surface area contributed by atoms with Crippen molar-refractivity contribution in [1.29, 1.82) is 0 Å². The third-order valence-electron chi connectivity index (χ3n) is 4.12. The van der Waals surface area contributed by atoms with Crippen LogP contribution in [0.1, 0.15) is 11.3 Å². The molecule has 4 aromatic rings. The summed E-state index contributed by atoms with van der Waals surface area (Å²) in [6.45, 7) is 4.05. The third kappa shape index (κ3) is 1.79. The van der Waals surface area contributed by atoms with E-state index in [2.05, 4.69) is 36.3 Å². The first-order valence-electron chi connectivity index (χ1n) is 7.32. The zero-order valence-corrected chi connectivity index (χ0v) is 12.5. The second-order valence-electron chi connectivity index (χ2n) is 5.67. The first kappa shape index (κ1) is 12.9. The first-order chi connectivity index (χ1) is 10.6. The maximum Gasteiger partial charge on any atom is 0.124 e. The van der Waals surface area contributed by atoms with Crippen LogP contribution in [0, 0.1) is 13.8 Å². The van der Waals surface area contributed by atoms with E-state index < -0.39 is 0 Å². The molecule has 3 heteroatoms. The van der Waals surface area contributed by atoms with Gasteiger partial charge >= 0.3 is 0 Å². The molecule has 0 spiro atoms. The highest BCUT2D eigenvalue weighted by Gasteiger charge is 2.14. The van der Waals surface area contributed by atoms with Gasteiger partial charge in [-0.25, -0.2) is 4.68 Å². The summed E-state index contributed by atoms with van der Waals surface area (Å²) in [7, 11) is 0. The van der Waals surface area contributed by atoms with Crippen molar-refractivity contribution in [1.82, 2.24) is 9.78 Å². The molecule has 4 rings (SSSR count). The molecule has 108 valence electrons. The van der Waals surface area contributed by atoms with Crippen molar-refractivity contribution in [2.45, 2.75) is 13.8 Å². The van der Waals surface area contributed by atoms with Crippen molar-refractivity contribution in [2.24, 2.45) is 0 Å². The number of hydrogen-bond acceptors (Lipinski definition) is 2. The molecule has 0 unspecified atom stereocenters. The van der Waals surface area contributed by atoms with Crippen molar-refractivity contribution in [3.05, 3.63) is 65.9 Å². The van der Waals surface area contributed by atoms with Gasteiger partial charge in [0.05, 0.1) is 16.9 Å². The Morgan fingerprint density at radius 2 is 1.55 bits per heavy atom. The zero-order valence-electron chi connectivity index (χ0n) is 12.5. The predicted octanol–water partition coefficient (Wildman–Crippen LogP) is 4.50. The smallest absolute Gasteiger partial charge is 0.124 e. The highest BCUT2D eigenvalue weighted by Crippen LogP contribution is 2.35. The van der Waals surface area contributed by atoms with E-state index in [0.717, 1.165) is 33.1 Å². The van der Waals surface area contributed by atoms with Crippen LogP contribution in [-0.2, 0) is 0 Å². The number of aromatic nitrogens is 2. The van der Waals surface area contributed by atoms with Crippen LogP contribution in [0.25, 0.3) is 27.4 Å². The monoisotopic (exact) mass is 288 g/mol. The van der Waals surface area contributed by atoms with E-state index >= 15 is 0 Å². The molecule has 22 heavy (non-hydrogen) atoms.